The van der Waals surface area contributed by atoms with Gasteiger partial charge in [0.25, 0.3) is 0 Å². The molecule has 0 bridgehead atoms. The van der Waals surface area contributed by atoms with Gasteiger partial charge in [-0.05, 0) is 17.7 Å². The lowest BCUT2D eigenvalue weighted by atomic mass is 9.97. The van der Waals surface area contributed by atoms with Crippen molar-refractivity contribution in [3.05, 3.63) is 34.9 Å². The van der Waals surface area contributed by atoms with Gasteiger partial charge in [-0.3, -0.25) is 4.79 Å². The van der Waals surface area contributed by atoms with Crippen LogP contribution in [0.1, 0.15) is 16.7 Å². The van der Waals surface area contributed by atoms with Crippen LogP contribution in [0.25, 0.3) is 0 Å². The van der Waals surface area contributed by atoms with E-state index in [9.17, 15) is 31.1 Å². The van der Waals surface area contributed by atoms with E-state index in [-0.39, 0.29) is 0 Å². The SMILES string of the molecule is O=C(O)Cc1c(C(F)(F)F)cccc1C(F)(F)F. The monoisotopic (exact) mass is 272 g/mol. The van der Waals surface area contributed by atoms with E-state index in [4.69, 9.17) is 5.11 Å². The van der Waals surface area contributed by atoms with Crippen molar-refractivity contribution in [2.24, 2.45) is 0 Å². The van der Waals surface area contributed by atoms with E-state index in [0.29, 0.717) is 18.2 Å². The van der Waals surface area contributed by atoms with E-state index in [1.807, 2.05) is 0 Å². The number of halogens is 6. The zero-order valence-electron chi connectivity index (χ0n) is 8.56. The maximum absolute atomic E-state index is 12.5. The van der Waals surface area contributed by atoms with E-state index in [2.05, 4.69) is 0 Å². The molecule has 1 rings (SSSR count). The van der Waals surface area contributed by atoms with Gasteiger partial charge < -0.3 is 5.11 Å². The van der Waals surface area contributed by atoms with Crippen LogP contribution in [0.15, 0.2) is 18.2 Å². The topological polar surface area (TPSA) is 37.3 Å². The highest BCUT2D eigenvalue weighted by Gasteiger charge is 2.40. The molecule has 0 saturated heterocycles. The van der Waals surface area contributed by atoms with E-state index in [1.165, 1.54) is 0 Å². The van der Waals surface area contributed by atoms with Crippen molar-refractivity contribution >= 4 is 5.97 Å². The second-order valence-electron chi connectivity index (χ2n) is 3.40. The third kappa shape index (κ3) is 3.14. The Kier molecular flexibility index (Phi) is 3.59. The lowest BCUT2D eigenvalue weighted by Gasteiger charge is -2.17. The molecule has 0 aliphatic rings. The maximum atomic E-state index is 12.5. The Morgan fingerprint density at radius 2 is 1.39 bits per heavy atom. The summed E-state index contributed by atoms with van der Waals surface area (Å²) in [7, 11) is 0. The zero-order chi connectivity index (χ0) is 14.1. The quantitative estimate of drug-likeness (QED) is 0.838. The number of hydrogen-bond donors (Lipinski definition) is 1. The van der Waals surface area contributed by atoms with E-state index in [0.717, 1.165) is 0 Å². The second kappa shape index (κ2) is 4.51. The fraction of sp³-hybridized carbons (Fsp3) is 0.300. The first-order valence-electron chi connectivity index (χ1n) is 4.51. The fourth-order valence-electron chi connectivity index (χ4n) is 1.46. The van der Waals surface area contributed by atoms with Gasteiger partial charge in [-0.1, -0.05) is 6.07 Å². The average Bonchev–Trinajstić information content (AvgIpc) is 2.13. The third-order valence-electron chi connectivity index (χ3n) is 2.11. The minimum absolute atomic E-state index is 0.424. The van der Waals surface area contributed by atoms with Crippen LogP contribution in [-0.2, 0) is 23.6 Å². The Morgan fingerprint density at radius 1 is 1.00 bits per heavy atom. The van der Waals surface area contributed by atoms with Gasteiger partial charge in [-0.15, -0.1) is 0 Å². The van der Waals surface area contributed by atoms with Gasteiger partial charge in [-0.2, -0.15) is 26.3 Å². The molecule has 100 valence electrons. The molecule has 1 N–H and O–H groups in total. The molecule has 0 aliphatic heterocycles. The van der Waals surface area contributed by atoms with E-state index in [1.54, 1.807) is 0 Å². The van der Waals surface area contributed by atoms with Crippen molar-refractivity contribution in [2.45, 2.75) is 18.8 Å². The van der Waals surface area contributed by atoms with Crippen LogP contribution in [0.2, 0.25) is 0 Å². The average molecular weight is 272 g/mol. The van der Waals surface area contributed by atoms with Gasteiger partial charge in [0.05, 0.1) is 17.5 Å². The summed E-state index contributed by atoms with van der Waals surface area (Å²) in [5, 5.41) is 8.41. The molecule has 0 aliphatic carbocycles. The van der Waals surface area contributed by atoms with Crippen LogP contribution >= 0.6 is 0 Å². The van der Waals surface area contributed by atoms with Crippen molar-refractivity contribution in [2.75, 3.05) is 0 Å². The molecule has 0 atom stereocenters. The van der Waals surface area contributed by atoms with E-state index >= 15 is 0 Å². The van der Waals surface area contributed by atoms with Crippen LogP contribution in [0, 0.1) is 0 Å². The molecule has 0 saturated carbocycles. The summed E-state index contributed by atoms with van der Waals surface area (Å²) >= 11 is 0. The summed E-state index contributed by atoms with van der Waals surface area (Å²) in [6.07, 6.45) is -11.4. The zero-order valence-corrected chi connectivity index (χ0v) is 8.56. The Hall–Kier alpha value is -1.73. The molecule has 2 nitrogen and oxygen atoms in total. The number of aliphatic carboxylic acids is 1. The lowest BCUT2D eigenvalue weighted by molar-refractivity contribution is -0.145. The summed E-state index contributed by atoms with van der Waals surface area (Å²) in [5.74, 6) is -1.77. The van der Waals surface area contributed by atoms with Gasteiger partial charge >= 0.3 is 18.3 Å². The highest BCUT2D eigenvalue weighted by atomic mass is 19.4. The molecule has 0 fully saturated rings. The molecule has 0 aromatic heterocycles. The highest BCUT2D eigenvalue weighted by Crippen LogP contribution is 2.39. The van der Waals surface area contributed by atoms with Crippen LogP contribution in [0.5, 0.6) is 0 Å². The molecule has 1 aromatic rings. The van der Waals surface area contributed by atoms with Crippen molar-refractivity contribution in [1.82, 2.24) is 0 Å². The molecule has 0 heterocycles. The number of benzene rings is 1. The third-order valence-corrected chi connectivity index (χ3v) is 2.11. The fourth-order valence-corrected chi connectivity index (χ4v) is 1.46. The molecular formula is C10H6F6O2. The number of carbonyl (C=O) groups is 1. The summed E-state index contributed by atoms with van der Waals surface area (Å²) in [6, 6.07) is 1.44. The Balaban J connectivity index is 3.50. The first-order chi connectivity index (χ1) is 8.03. The minimum Gasteiger partial charge on any atom is -0.481 e. The minimum atomic E-state index is -5.04. The molecule has 1 aromatic carbocycles. The molecular weight excluding hydrogens is 266 g/mol. The number of carboxylic acids is 1. The molecule has 18 heavy (non-hydrogen) atoms. The second-order valence-corrected chi connectivity index (χ2v) is 3.40. The maximum Gasteiger partial charge on any atom is 0.416 e. The summed E-state index contributed by atoms with van der Waals surface area (Å²) in [5.41, 5.74) is -4.44. The summed E-state index contributed by atoms with van der Waals surface area (Å²) in [4.78, 5) is 10.4. The predicted octanol–water partition coefficient (Wildman–Crippen LogP) is 3.35. The molecule has 0 radical (unpaired) electrons. The first-order valence-corrected chi connectivity index (χ1v) is 4.51. The Morgan fingerprint density at radius 3 is 1.67 bits per heavy atom. The number of hydrogen-bond acceptors (Lipinski definition) is 1. The Labute approximate surface area is 96.8 Å². The van der Waals surface area contributed by atoms with Gasteiger partial charge in [0.1, 0.15) is 0 Å². The van der Waals surface area contributed by atoms with Crippen LogP contribution in [-0.4, -0.2) is 11.1 Å². The van der Waals surface area contributed by atoms with Gasteiger partial charge in [0, 0.05) is 0 Å². The van der Waals surface area contributed by atoms with Crippen molar-refractivity contribution in [3.8, 4) is 0 Å². The lowest BCUT2D eigenvalue weighted by Crippen LogP contribution is -2.18. The van der Waals surface area contributed by atoms with E-state index < -0.39 is 41.4 Å². The van der Waals surface area contributed by atoms with Gasteiger partial charge in [0.2, 0.25) is 0 Å². The molecule has 0 amide bonds. The van der Waals surface area contributed by atoms with Crippen LogP contribution < -0.4 is 0 Å². The predicted molar refractivity (Wildman–Crippen MR) is 47.8 cm³/mol. The highest BCUT2D eigenvalue weighted by molar-refractivity contribution is 5.71. The molecule has 0 unspecified atom stereocenters. The smallest absolute Gasteiger partial charge is 0.416 e. The number of alkyl halides is 6. The number of rotatable bonds is 2. The Bertz CT molecular complexity index is 428. The summed E-state index contributed by atoms with van der Waals surface area (Å²) in [6.45, 7) is 0. The number of carboxylic acid groups (broad SMARTS) is 1. The van der Waals surface area contributed by atoms with Crippen molar-refractivity contribution < 1.29 is 36.2 Å². The van der Waals surface area contributed by atoms with Crippen LogP contribution in [0.3, 0.4) is 0 Å². The van der Waals surface area contributed by atoms with Gasteiger partial charge in [0.15, 0.2) is 0 Å². The van der Waals surface area contributed by atoms with Crippen molar-refractivity contribution in [1.29, 1.82) is 0 Å². The van der Waals surface area contributed by atoms with Crippen molar-refractivity contribution in [3.63, 3.8) is 0 Å². The summed E-state index contributed by atoms with van der Waals surface area (Å²) < 4.78 is 75.0. The standard InChI is InChI=1S/C10H6F6O2/c11-9(12,13)6-2-1-3-7(10(14,15)16)5(6)4-8(17)18/h1-3H,4H2,(H,17,18). The van der Waals surface area contributed by atoms with Crippen LogP contribution in [0.4, 0.5) is 26.3 Å². The molecule has 8 heteroatoms. The molecule has 0 spiro atoms. The largest absolute Gasteiger partial charge is 0.481 e. The normalized spacial score (nSPS) is 12.6. The van der Waals surface area contributed by atoms with Gasteiger partial charge in [-0.25, -0.2) is 0 Å². The first kappa shape index (κ1) is 14.3.